The Hall–Kier alpha value is -2.17. The fraction of sp³-hybridized carbons (Fsp3) is 0.400. The van der Waals surface area contributed by atoms with Gasteiger partial charge in [0.1, 0.15) is 0 Å². The Balaban J connectivity index is 1.77. The molecule has 5 nitrogen and oxygen atoms in total. The van der Waals surface area contributed by atoms with Gasteiger partial charge in [-0.15, -0.1) is 0 Å². The first kappa shape index (κ1) is 12.8. The van der Waals surface area contributed by atoms with Crippen molar-refractivity contribution in [2.75, 3.05) is 0 Å². The van der Waals surface area contributed by atoms with Gasteiger partial charge in [-0.3, -0.25) is 4.79 Å². The second-order valence-corrected chi connectivity index (χ2v) is 4.99. The predicted octanol–water partition coefficient (Wildman–Crippen LogP) is 2.44. The van der Waals surface area contributed by atoms with Crippen LogP contribution in [-0.4, -0.2) is 16.0 Å². The van der Waals surface area contributed by atoms with Crippen molar-refractivity contribution in [3.63, 3.8) is 0 Å². The monoisotopic (exact) mass is 271 g/mol. The van der Waals surface area contributed by atoms with Crippen molar-refractivity contribution in [1.29, 1.82) is 0 Å². The number of amides is 1. The summed E-state index contributed by atoms with van der Waals surface area (Å²) in [5, 5.41) is 6.74. The highest BCUT2D eigenvalue weighted by Gasteiger charge is 2.24. The molecule has 1 aliphatic carbocycles. The summed E-state index contributed by atoms with van der Waals surface area (Å²) in [4.78, 5) is 16.2. The van der Waals surface area contributed by atoms with Gasteiger partial charge in [-0.25, -0.2) is 0 Å². The van der Waals surface area contributed by atoms with E-state index < -0.39 is 0 Å². The molecular weight excluding hydrogens is 254 g/mol. The van der Waals surface area contributed by atoms with Crippen molar-refractivity contribution in [3.05, 3.63) is 47.1 Å². The summed E-state index contributed by atoms with van der Waals surface area (Å²) in [6.07, 6.45) is 3.75. The second kappa shape index (κ2) is 5.45. The van der Waals surface area contributed by atoms with Crippen LogP contribution in [0, 0.1) is 0 Å². The Morgan fingerprint density at radius 3 is 3.10 bits per heavy atom. The van der Waals surface area contributed by atoms with E-state index in [2.05, 4.69) is 27.6 Å². The number of nitrogens with zero attached hydrogens (tertiary/aromatic N) is 2. The lowest BCUT2D eigenvalue weighted by Crippen LogP contribution is -2.31. The number of fused-ring (bicyclic) bond motifs is 1. The number of hydrogen-bond donors (Lipinski definition) is 1. The molecule has 0 aliphatic heterocycles. The van der Waals surface area contributed by atoms with Crippen molar-refractivity contribution in [2.24, 2.45) is 0 Å². The van der Waals surface area contributed by atoms with E-state index >= 15 is 0 Å². The van der Waals surface area contributed by atoms with E-state index in [0.29, 0.717) is 12.2 Å². The summed E-state index contributed by atoms with van der Waals surface area (Å²) in [7, 11) is 0. The standard InChI is InChI=1S/C15H17N3O2/c1-2-13-17-15(20-18-13)14(19)16-12-9-5-7-10-6-3-4-8-11(10)12/h3-4,6,8,12H,2,5,7,9H2,1H3,(H,16,19). The van der Waals surface area contributed by atoms with Crippen LogP contribution in [0.4, 0.5) is 0 Å². The van der Waals surface area contributed by atoms with Crippen LogP contribution < -0.4 is 5.32 Å². The number of hydrogen-bond acceptors (Lipinski definition) is 4. The number of carbonyl (C=O) groups is 1. The Morgan fingerprint density at radius 1 is 1.45 bits per heavy atom. The minimum absolute atomic E-state index is 0.0319. The zero-order valence-electron chi connectivity index (χ0n) is 11.4. The average molecular weight is 271 g/mol. The van der Waals surface area contributed by atoms with Gasteiger partial charge in [0.25, 0.3) is 0 Å². The van der Waals surface area contributed by atoms with E-state index in [1.165, 1.54) is 11.1 Å². The van der Waals surface area contributed by atoms with Crippen molar-refractivity contribution in [2.45, 2.75) is 38.6 Å². The molecule has 3 rings (SSSR count). The molecule has 1 N–H and O–H groups in total. The van der Waals surface area contributed by atoms with E-state index in [1.54, 1.807) is 0 Å². The summed E-state index contributed by atoms with van der Waals surface area (Å²) < 4.78 is 4.97. The second-order valence-electron chi connectivity index (χ2n) is 4.99. The molecule has 1 aliphatic rings. The predicted molar refractivity (Wildman–Crippen MR) is 73.3 cm³/mol. The molecule has 20 heavy (non-hydrogen) atoms. The lowest BCUT2D eigenvalue weighted by Gasteiger charge is -2.25. The summed E-state index contributed by atoms with van der Waals surface area (Å²) >= 11 is 0. The molecule has 0 bridgehead atoms. The molecule has 2 aromatic rings. The maximum Gasteiger partial charge on any atom is 0.315 e. The van der Waals surface area contributed by atoms with Gasteiger partial charge in [0, 0.05) is 6.42 Å². The number of nitrogens with one attached hydrogen (secondary N) is 1. The lowest BCUT2D eigenvalue weighted by molar-refractivity contribution is 0.0888. The third-order valence-corrected chi connectivity index (χ3v) is 3.65. The van der Waals surface area contributed by atoms with Gasteiger partial charge in [-0.05, 0) is 30.4 Å². The fourth-order valence-electron chi connectivity index (χ4n) is 2.61. The first-order valence-electron chi connectivity index (χ1n) is 6.99. The van der Waals surface area contributed by atoms with Crippen LogP contribution in [0.5, 0.6) is 0 Å². The van der Waals surface area contributed by atoms with Gasteiger partial charge in [-0.1, -0.05) is 36.3 Å². The van der Waals surface area contributed by atoms with Crippen LogP contribution in [0.2, 0.25) is 0 Å². The normalized spacial score (nSPS) is 17.6. The Bertz CT molecular complexity index is 621. The number of aromatic nitrogens is 2. The quantitative estimate of drug-likeness (QED) is 0.931. The molecule has 1 amide bonds. The lowest BCUT2D eigenvalue weighted by atomic mass is 9.88. The van der Waals surface area contributed by atoms with E-state index in [0.717, 1.165) is 19.3 Å². The first-order chi connectivity index (χ1) is 9.78. The van der Waals surface area contributed by atoms with Gasteiger partial charge < -0.3 is 9.84 Å². The summed E-state index contributed by atoms with van der Waals surface area (Å²) in [5.41, 5.74) is 2.51. The maximum atomic E-state index is 12.1. The Kier molecular flexibility index (Phi) is 3.50. The van der Waals surface area contributed by atoms with Gasteiger partial charge in [0.2, 0.25) is 0 Å². The minimum Gasteiger partial charge on any atom is -0.341 e. The highest BCUT2D eigenvalue weighted by atomic mass is 16.5. The topological polar surface area (TPSA) is 68.0 Å². The van der Waals surface area contributed by atoms with Crippen molar-refractivity contribution >= 4 is 5.91 Å². The van der Waals surface area contributed by atoms with Crippen LogP contribution in [0.3, 0.4) is 0 Å². The molecule has 1 heterocycles. The highest BCUT2D eigenvalue weighted by molar-refractivity contribution is 5.89. The van der Waals surface area contributed by atoms with E-state index in [9.17, 15) is 4.79 Å². The molecule has 1 unspecified atom stereocenters. The SMILES string of the molecule is CCc1noc(C(=O)NC2CCCc3ccccc32)n1. The molecular formula is C15H17N3O2. The van der Waals surface area contributed by atoms with E-state index in [1.807, 2.05) is 19.1 Å². The van der Waals surface area contributed by atoms with Crippen LogP contribution >= 0.6 is 0 Å². The smallest absolute Gasteiger partial charge is 0.315 e. The van der Waals surface area contributed by atoms with E-state index in [4.69, 9.17) is 4.52 Å². The largest absolute Gasteiger partial charge is 0.341 e. The Labute approximate surface area is 117 Å². The summed E-state index contributed by atoms with van der Waals surface area (Å²) in [6, 6.07) is 8.27. The fourth-order valence-corrected chi connectivity index (χ4v) is 2.61. The van der Waals surface area contributed by atoms with Crippen molar-refractivity contribution < 1.29 is 9.32 Å². The molecule has 104 valence electrons. The molecule has 0 saturated heterocycles. The van der Waals surface area contributed by atoms with Crippen LogP contribution in [0.15, 0.2) is 28.8 Å². The number of rotatable bonds is 3. The minimum atomic E-state index is -0.293. The van der Waals surface area contributed by atoms with Crippen LogP contribution in [0.25, 0.3) is 0 Å². The zero-order valence-corrected chi connectivity index (χ0v) is 11.4. The molecule has 0 radical (unpaired) electrons. The van der Waals surface area contributed by atoms with Gasteiger partial charge >= 0.3 is 11.8 Å². The number of aryl methyl sites for hydroxylation is 2. The molecule has 0 spiro atoms. The first-order valence-corrected chi connectivity index (χ1v) is 6.99. The van der Waals surface area contributed by atoms with Crippen molar-refractivity contribution in [3.8, 4) is 0 Å². The zero-order chi connectivity index (χ0) is 13.9. The molecule has 1 aromatic heterocycles. The molecule has 1 aromatic carbocycles. The molecule has 0 fully saturated rings. The highest BCUT2D eigenvalue weighted by Crippen LogP contribution is 2.29. The third-order valence-electron chi connectivity index (χ3n) is 3.65. The molecule has 0 saturated carbocycles. The van der Waals surface area contributed by atoms with E-state index in [-0.39, 0.29) is 17.8 Å². The maximum absolute atomic E-state index is 12.1. The summed E-state index contributed by atoms with van der Waals surface area (Å²) in [6.45, 7) is 1.92. The van der Waals surface area contributed by atoms with Gasteiger partial charge in [0.05, 0.1) is 6.04 Å². The van der Waals surface area contributed by atoms with Gasteiger partial charge in [-0.2, -0.15) is 4.98 Å². The Morgan fingerprint density at radius 2 is 2.30 bits per heavy atom. The summed E-state index contributed by atoms with van der Waals surface area (Å²) in [5.74, 6) is 0.308. The average Bonchev–Trinajstić information content (AvgIpc) is 2.97. The number of carbonyl (C=O) groups excluding carboxylic acids is 1. The van der Waals surface area contributed by atoms with Crippen LogP contribution in [0.1, 0.15) is 53.4 Å². The van der Waals surface area contributed by atoms with Crippen LogP contribution in [-0.2, 0) is 12.8 Å². The molecule has 1 atom stereocenters. The number of benzene rings is 1. The molecule has 5 heteroatoms. The van der Waals surface area contributed by atoms with Gasteiger partial charge in [0.15, 0.2) is 5.82 Å². The van der Waals surface area contributed by atoms with Crippen molar-refractivity contribution in [1.82, 2.24) is 15.5 Å². The third kappa shape index (κ3) is 2.43.